The Kier molecular flexibility index (Phi) is 12.5. The molecule has 0 unspecified atom stereocenters. The normalized spacial score (nSPS) is 12.4. The van der Waals surface area contributed by atoms with Crippen LogP contribution < -0.4 is 0 Å². The standard InChI is InChI=1S/C16H32O2/c1-4-6-7-8-9-10-11-12-13-14-16(5-2)18-15(3)17/h16H,4-14H2,1-3H3/t16-/m0/s1. The molecule has 0 heterocycles. The van der Waals surface area contributed by atoms with Crippen LogP contribution in [0.15, 0.2) is 0 Å². The third-order valence-electron chi connectivity index (χ3n) is 3.42. The van der Waals surface area contributed by atoms with E-state index < -0.39 is 0 Å². The molecule has 0 aromatic carbocycles. The molecule has 1 atom stereocenters. The van der Waals surface area contributed by atoms with E-state index in [1.807, 2.05) is 0 Å². The van der Waals surface area contributed by atoms with Gasteiger partial charge in [-0.15, -0.1) is 0 Å². The molecule has 0 aliphatic rings. The Morgan fingerprint density at radius 2 is 1.39 bits per heavy atom. The second-order valence-corrected chi connectivity index (χ2v) is 5.26. The molecule has 0 radical (unpaired) electrons. The first-order valence-corrected chi connectivity index (χ1v) is 7.87. The molecule has 0 rings (SSSR count). The maximum absolute atomic E-state index is 10.9. The van der Waals surface area contributed by atoms with Crippen LogP contribution in [0.4, 0.5) is 0 Å². The van der Waals surface area contributed by atoms with E-state index in [1.165, 1.54) is 64.7 Å². The molecule has 18 heavy (non-hydrogen) atoms. The highest BCUT2D eigenvalue weighted by atomic mass is 16.5. The van der Waals surface area contributed by atoms with E-state index in [9.17, 15) is 4.79 Å². The maximum atomic E-state index is 10.9. The predicted molar refractivity (Wildman–Crippen MR) is 77.7 cm³/mol. The zero-order valence-electron chi connectivity index (χ0n) is 12.7. The first-order valence-electron chi connectivity index (χ1n) is 7.87. The molecular weight excluding hydrogens is 224 g/mol. The molecule has 0 bridgehead atoms. The van der Waals surface area contributed by atoms with Gasteiger partial charge in [0.05, 0.1) is 0 Å². The van der Waals surface area contributed by atoms with Gasteiger partial charge >= 0.3 is 5.97 Å². The minimum absolute atomic E-state index is 0.141. The monoisotopic (exact) mass is 256 g/mol. The Hall–Kier alpha value is -0.530. The molecule has 0 amide bonds. The van der Waals surface area contributed by atoms with Crippen LogP contribution in [0.2, 0.25) is 0 Å². The van der Waals surface area contributed by atoms with Crippen molar-refractivity contribution in [3.05, 3.63) is 0 Å². The van der Waals surface area contributed by atoms with Gasteiger partial charge in [0.25, 0.3) is 0 Å². The average molecular weight is 256 g/mol. The summed E-state index contributed by atoms with van der Waals surface area (Å²) in [6, 6.07) is 0. The van der Waals surface area contributed by atoms with E-state index in [1.54, 1.807) is 0 Å². The molecule has 0 fully saturated rings. The van der Waals surface area contributed by atoms with Crippen molar-refractivity contribution in [2.24, 2.45) is 0 Å². The highest BCUT2D eigenvalue weighted by Gasteiger charge is 2.08. The predicted octanol–water partition coefficient (Wildman–Crippen LogP) is 5.25. The van der Waals surface area contributed by atoms with Gasteiger partial charge < -0.3 is 4.74 Å². The van der Waals surface area contributed by atoms with Crippen molar-refractivity contribution in [2.45, 2.75) is 97.5 Å². The van der Waals surface area contributed by atoms with Gasteiger partial charge in [0, 0.05) is 6.92 Å². The molecule has 0 saturated carbocycles. The molecule has 0 saturated heterocycles. The number of unbranched alkanes of at least 4 members (excludes halogenated alkanes) is 8. The van der Waals surface area contributed by atoms with E-state index >= 15 is 0 Å². The molecule has 0 aliphatic carbocycles. The largest absolute Gasteiger partial charge is 0.463 e. The lowest BCUT2D eigenvalue weighted by Gasteiger charge is -2.14. The zero-order chi connectivity index (χ0) is 13.6. The Labute approximate surface area is 113 Å². The van der Waals surface area contributed by atoms with Crippen LogP contribution in [0.3, 0.4) is 0 Å². The summed E-state index contributed by atoms with van der Waals surface area (Å²) in [5.41, 5.74) is 0. The van der Waals surface area contributed by atoms with Gasteiger partial charge in [-0.3, -0.25) is 4.79 Å². The van der Waals surface area contributed by atoms with Crippen LogP contribution in [0.1, 0.15) is 91.4 Å². The van der Waals surface area contributed by atoms with Crippen molar-refractivity contribution in [2.75, 3.05) is 0 Å². The summed E-state index contributed by atoms with van der Waals surface area (Å²) >= 11 is 0. The molecule has 0 spiro atoms. The van der Waals surface area contributed by atoms with Crippen LogP contribution in [-0.2, 0) is 9.53 Å². The van der Waals surface area contributed by atoms with Crippen molar-refractivity contribution in [1.82, 2.24) is 0 Å². The molecule has 0 N–H and O–H groups in total. The topological polar surface area (TPSA) is 26.3 Å². The van der Waals surface area contributed by atoms with E-state index in [0.29, 0.717) is 0 Å². The minimum atomic E-state index is -0.141. The third kappa shape index (κ3) is 11.9. The quantitative estimate of drug-likeness (QED) is 0.352. The van der Waals surface area contributed by atoms with Gasteiger partial charge in [0.2, 0.25) is 0 Å². The number of carbonyl (C=O) groups excluding carboxylic acids is 1. The SMILES string of the molecule is CCCCCCCCCCC[C@H](CC)OC(C)=O. The Morgan fingerprint density at radius 1 is 0.889 bits per heavy atom. The third-order valence-corrected chi connectivity index (χ3v) is 3.42. The molecule has 2 nitrogen and oxygen atoms in total. The maximum Gasteiger partial charge on any atom is 0.302 e. The van der Waals surface area contributed by atoms with E-state index in [4.69, 9.17) is 4.74 Å². The van der Waals surface area contributed by atoms with E-state index in [-0.39, 0.29) is 12.1 Å². The van der Waals surface area contributed by atoms with E-state index in [2.05, 4.69) is 13.8 Å². The summed E-state index contributed by atoms with van der Waals surface area (Å²) in [7, 11) is 0. The van der Waals surface area contributed by atoms with Crippen molar-refractivity contribution in [3.63, 3.8) is 0 Å². The van der Waals surface area contributed by atoms with Crippen LogP contribution in [0.5, 0.6) is 0 Å². The molecule has 2 heteroatoms. The molecule has 0 aromatic rings. The highest BCUT2D eigenvalue weighted by molar-refractivity contribution is 5.66. The number of ether oxygens (including phenoxy) is 1. The second kappa shape index (κ2) is 12.9. The number of carbonyl (C=O) groups is 1. The van der Waals surface area contributed by atoms with Crippen molar-refractivity contribution < 1.29 is 9.53 Å². The number of hydrogen-bond acceptors (Lipinski definition) is 2. The minimum Gasteiger partial charge on any atom is -0.463 e. The number of hydrogen-bond donors (Lipinski definition) is 0. The fourth-order valence-electron chi connectivity index (χ4n) is 2.26. The lowest BCUT2D eigenvalue weighted by atomic mass is 10.0. The Balaban J connectivity index is 3.25. The lowest BCUT2D eigenvalue weighted by molar-refractivity contribution is -0.146. The van der Waals surface area contributed by atoms with Crippen LogP contribution >= 0.6 is 0 Å². The van der Waals surface area contributed by atoms with Crippen LogP contribution in [0, 0.1) is 0 Å². The molecule has 0 aromatic heterocycles. The molecule has 0 aliphatic heterocycles. The summed E-state index contributed by atoms with van der Waals surface area (Å²) in [5, 5.41) is 0. The fourth-order valence-corrected chi connectivity index (χ4v) is 2.26. The van der Waals surface area contributed by atoms with Gasteiger partial charge in [0.1, 0.15) is 6.10 Å². The molecule has 108 valence electrons. The van der Waals surface area contributed by atoms with Crippen LogP contribution in [-0.4, -0.2) is 12.1 Å². The smallest absolute Gasteiger partial charge is 0.302 e. The summed E-state index contributed by atoms with van der Waals surface area (Å²) in [5.74, 6) is -0.141. The summed E-state index contributed by atoms with van der Waals surface area (Å²) < 4.78 is 5.23. The molecular formula is C16H32O2. The Morgan fingerprint density at radius 3 is 1.83 bits per heavy atom. The first-order chi connectivity index (χ1) is 8.70. The van der Waals surface area contributed by atoms with Gasteiger partial charge in [-0.25, -0.2) is 0 Å². The van der Waals surface area contributed by atoms with Gasteiger partial charge in [-0.05, 0) is 19.3 Å². The summed E-state index contributed by atoms with van der Waals surface area (Å²) in [6.07, 6.45) is 14.2. The van der Waals surface area contributed by atoms with Gasteiger partial charge in [0.15, 0.2) is 0 Å². The Bertz CT molecular complexity index is 190. The first kappa shape index (κ1) is 17.5. The lowest BCUT2D eigenvalue weighted by Crippen LogP contribution is -2.14. The highest BCUT2D eigenvalue weighted by Crippen LogP contribution is 2.13. The fraction of sp³-hybridized carbons (Fsp3) is 0.938. The van der Waals surface area contributed by atoms with Crippen molar-refractivity contribution in [1.29, 1.82) is 0 Å². The summed E-state index contributed by atoms with van der Waals surface area (Å²) in [4.78, 5) is 10.9. The van der Waals surface area contributed by atoms with E-state index in [0.717, 1.165) is 12.8 Å². The van der Waals surface area contributed by atoms with Crippen LogP contribution in [0.25, 0.3) is 0 Å². The van der Waals surface area contributed by atoms with Gasteiger partial charge in [-0.1, -0.05) is 65.2 Å². The second-order valence-electron chi connectivity index (χ2n) is 5.26. The number of esters is 1. The number of rotatable bonds is 12. The average Bonchev–Trinajstić information content (AvgIpc) is 2.35. The van der Waals surface area contributed by atoms with Gasteiger partial charge in [-0.2, -0.15) is 0 Å². The summed E-state index contributed by atoms with van der Waals surface area (Å²) in [6.45, 7) is 5.84. The van der Waals surface area contributed by atoms with Crippen molar-refractivity contribution in [3.8, 4) is 0 Å². The zero-order valence-corrected chi connectivity index (χ0v) is 12.7. The van der Waals surface area contributed by atoms with Crippen molar-refractivity contribution >= 4 is 5.97 Å².